The average Bonchev–Trinajstić information content (AvgIpc) is 2.66. The highest BCUT2D eigenvalue weighted by atomic mass is 32.1. The standard InChI is InChI=1S/C10H14N2O3S/c1-3-4-6(2)11-8(13)9-12-7(5-16-9)10(14)15/h5-6H,3-4H2,1-2H3,(H,11,13)(H,14,15). The van der Waals surface area contributed by atoms with Crippen molar-refractivity contribution in [3.05, 3.63) is 16.1 Å². The number of thiazole rings is 1. The number of carbonyl (C=O) groups excluding carboxylic acids is 1. The Morgan fingerprint density at radius 2 is 2.31 bits per heavy atom. The van der Waals surface area contributed by atoms with E-state index in [1.807, 2.05) is 13.8 Å². The van der Waals surface area contributed by atoms with Crippen molar-refractivity contribution in [3.63, 3.8) is 0 Å². The zero-order valence-electron chi connectivity index (χ0n) is 9.19. The molecule has 2 N–H and O–H groups in total. The van der Waals surface area contributed by atoms with E-state index in [2.05, 4.69) is 10.3 Å². The van der Waals surface area contributed by atoms with Gasteiger partial charge in [0.05, 0.1) is 0 Å². The molecule has 16 heavy (non-hydrogen) atoms. The Hall–Kier alpha value is -1.43. The first-order valence-corrected chi connectivity index (χ1v) is 5.92. The van der Waals surface area contributed by atoms with Crippen LogP contribution in [0.5, 0.6) is 0 Å². The summed E-state index contributed by atoms with van der Waals surface area (Å²) in [5, 5.41) is 13.0. The monoisotopic (exact) mass is 242 g/mol. The third kappa shape index (κ3) is 3.30. The van der Waals surface area contributed by atoms with Crippen molar-refractivity contribution in [2.45, 2.75) is 32.7 Å². The summed E-state index contributed by atoms with van der Waals surface area (Å²) in [6.07, 6.45) is 1.88. The van der Waals surface area contributed by atoms with Crippen LogP contribution >= 0.6 is 11.3 Å². The number of aromatic carboxylic acids is 1. The molecule has 88 valence electrons. The summed E-state index contributed by atoms with van der Waals surface area (Å²) in [6, 6.07) is 0.0784. The predicted molar refractivity (Wildman–Crippen MR) is 60.9 cm³/mol. The maximum absolute atomic E-state index is 11.6. The van der Waals surface area contributed by atoms with Crippen LogP contribution in [0, 0.1) is 0 Å². The van der Waals surface area contributed by atoms with Gasteiger partial charge in [-0.1, -0.05) is 13.3 Å². The number of nitrogens with one attached hydrogen (secondary N) is 1. The van der Waals surface area contributed by atoms with E-state index in [1.54, 1.807) is 0 Å². The van der Waals surface area contributed by atoms with Crippen LogP contribution in [0.1, 0.15) is 47.0 Å². The Morgan fingerprint density at radius 1 is 1.62 bits per heavy atom. The zero-order valence-corrected chi connectivity index (χ0v) is 10.0. The molecule has 0 spiro atoms. The highest BCUT2D eigenvalue weighted by molar-refractivity contribution is 7.11. The lowest BCUT2D eigenvalue weighted by Gasteiger charge is -2.10. The number of hydrogen-bond donors (Lipinski definition) is 2. The molecule has 1 amide bonds. The van der Waals surface area contributed by atoms with E-state index < -0.39 is 5.97 Å². The third-order valence-corrected chi connectivity index (χ3v) is 2.86. The fraction of sp³-hybridized carbons (Fsp3) is 0.500. The predicted octanol–water partition coefficient (Wildman–Crippen LogP) is 1.76. The number of nitrogens with zero attached hydrogens (tertiary/aromatic N) is 1. The average molecular weight is 242 g/mol. The minimum absolute atomic E-state index is 0.0784. The molecule has 1 heterocycles. The Balaban J connectivity index is 2.62. The first kappa shape index (κ1) is 12.6. The van der Waals surface area contributed by atoms with E-state index in [-0.39, 0.29) is 22.7 Å². The second-order valence-corrected chi connectivity index (χ2v) is 4.36. The summed E-state index contributed by atoms with van der Waals surface area (Å²) >= 11 is 1.04. The van der Waals surface area contributed by atoms with Crippen LogP contribution in [0.25, 0.3) is 0 Å². The molecule has 0 radical (unpaired) electrons. The first-order chi connectivity index (χ1) is 7.54. The van der Waals surface area contributed by atoms with Crippen molar-refractivity contribution >= 4 is 23.2 Å². The lowest BCUT2D eigenvalue weighted by molar-refractivity contribution is 0.0691. The molecule has 0 saturated carbocycles. The molecule has 0 bridgehead atoms. The fourth-order valence-electron chi connectivity index (χ4n) is 1.27. The van der Waals surface area contributed by atoms with Gasteiger partial charge in [0.25, 0.3) is 5.91 Å². The van der Waals surface area contributed by atoms with Crippen LogP contribution in [0.15, 0.2) is 5.38 Å². The number of hydrogen-bond acceptors (Lipinski definition) is 4. The fourth-order valence-corrected chi connectivity index (χ4v) is 1.96. The van der Waals surface area contributed by atoms with Gasteiger partial charge in [-0.3, -0.25) is 4.79 Å². The second-order valence-electron chi connectivity index (χ2n) is 3.51. The number of amides is 1. The van der Waals surface area contributed by atoms with E-state index in [9.17, 15) is 9.59 Å². The minimum Gasteiger partial charge on any atom is -0.476 e. The van der Waals surface area contributed by atoms with Crippen LogP contribution in [-0.2, 0) is 0 Å². The molecule has 6 heteroatoms. The highest BCUT2D eigenvalue weighted by Crippen LogP contribution is 2.10. The van der Waals surface area contributed by atoms with Crippen molar-refractivity contribution < 1.29 is 14.7 Å². The van der Waals surface area contributed by atoms with Crippen molar-refractivity contribution in [2.75, 3.05) is 0 Å². The van der Waals surface area contributed by atoms with Gasteiger partial charge in [0.15, 0.2) is 10.7 Å². The quantitative estimate of drug-likeness (QED) is 0.824. The molecule has 0 fully saturated rings. The van der Waals surface area contributed by atoms with E-state index >= 15 is 0 Å². The van der Waals surface area contributed by atoms with Crippen LogP contribution in [-0.4, -0.2) is 28.0 Å². The van der Waals surface area contributed by atoms with Gasteiger partial charge in [-0.2, -0.15) is 0 Å². The van der Waals surface area contributed by atoms with Crippen molar-refractivity contribution in [1.29, 1.82) is 0 Å². The van der Waals surface area contributed by atoms with E-state index in [4.69, 9.17) is 5.11 Å². The Morgan fingerprint density at radius 3 is 2.81 bits per heavy atom. The van der Waals surface area contributed by atoms with Gasteiger partial charge in [-0.25, -0.2) is 9.78 Å². The summed E-state index contributed by atoms with van der Waals surface area (Å²) in [4.78, 5) is 25.9. The summed E-state index contributed by atoms with van der Waals surface area (Å²) in [5.74, 6) is -1.42. The molecule has 1 unspecified atom stereocenters. The molecule has 1 aromatic rings. The lowest BCUT2D eigenvalue weighted by Crippen LogP contribution is -2.32. The normalized spacial score (nSPS) is 12.1. The minimum atomic E-state index is -1.11. The maximum Gasteiger partial charge on any atom is 0.355 e. The van der Waals surface area contributed by atoms with Gasteiger partial charge in [-0.05, 0) is 13.3 Å². The molecule has 0 aromatic carbocycles. The third-order valence-electron chi connectivity index (χ3n) is 2.02. The maximum atomic E-state index is 11.6. The molecule has 0 aliphatic carbocycles. The number of rotatable bonds is 5. The number of carboxylic acids is 1. The van der Waals surface area contributed by atoms with Gasteiger partial charge in [0.2, 0.25) is 0 Å². The van der Waals surface area contributed by atoms with Gasteiger partial charge in [-0.15, -0.1) is 11.3 Å². The molecule has 5 nitrogen and oxygen atoms in total. The van der Waals surface area contributed by atoms with Crippen LogP contribution < -0.4 is 5.32 Å². The van der Waals surface area contributed by atoms with E-state index in [0.29, 0.717) is 0 Å². The van der Waals surface area contributed by atoms with Gasteiger partial charge in [0, 0.05) is 11.4 Å². The lowest BCUT2D eigenvalue weighted by atomic mass is 10.2. The Labute approximate surface area is 97.5 Å². The van der Waals surface area contributed by atoms with Crippen molar-refractivity contribution in [3.8, 4) is 0 Å². The molecule has 1 atom stereocenters. The van der Waals surface area contributed by atoms with Crippen LogP contribution in [0.4, 0.5) is 0 Å². The molecule has 0 aliphatic heterocycles. The first-order valence-electron chi connectivity index (χ1n) is 5.04. The molecule has 0 aliphatic rings. The summed E-state index contributed by atoms with van der Waals surface area (Å²) in [7, 11) is 0. The summed E-state index contributed by atoms with van der Waals surface area (Å²) < 4.78 is 0. The van der Waals surface area contributed by atoms with Crippen molar-refractivity contribution in [2.24, 2.45) is 0 Å². The Kier molecular flexibility index (Phi) is 4.42. The highest BCUT2D eigenvalue weighted by Gasteiger charge is 2.15. The molecule has 1 rings (SSSR count). The molecule has 1 aromatic heterocycles. The summed E-state index contributed by atoms with van der Waals surface area (Å²) in [6.45, 7) is 3.95. The number of aromatic nitrogens is 1. The van der Waals surface area contributed by atoms with Gasteiger partial charge >= 0.3 is 5.97 Å². The molecular weight excluding hydrogens is 228 g/mol. The van der Waals surface area contributed by atoms with Gasteiger partial charge < -0.3 is 10.4 Å². The number of carboxylic acid groups (broad SMARTS) is 1. The zero-order chi connectivity index (χ0) is 12.1. The number of carbonyl (C=O) groups is 2. The Bertz CT molecular complexity index is 389. The second kappa shape index (κ2) is 5.60. The SMILES string of the molecule is CCCC(C)NC(=O)c1nc(C(=O)O)cs1. The summed E-state index contributed by atoms with van der Waals surface area (Å²) in [5.41, 5.74) is -0.0849. The molecular formula is C10H14N2O3S. The topological polar surface area (TPSA) is 79.3 Å². The molecule has 0 saturated heterocycles. The van der Waals surface area contributed by atoms with E-state index in [1.165, 1.54) is 5.38 Å². The van der Waals surface area contributed by atoms with Crippen molar-refractivity contribution in [1.82, 2.24) is 10.3 Å². The van der Waals surface area contributed by atoms with Crippen LogP contribution in [0.3, 0.4) is 0 Å². The largest absolute Gasteiger partial charge is 0.476 e. The smallest absolute Gasteiger partial charge is 0.355 e. The van der Waals surface area contributed by atoms with Crippen LogP contribution in [0.2, 0.25) is 0 Å². The van der Waals surface area contributed by atoms with Gasteiger partial charge in [0.1, 0.15) is 0 Å². The van der Waals surface area contributed by atoms with E-state index in [0.717, 1.165) is 24.2 Å².